The minimum Gasteiger partial charge on any atom is -0.282 e. The first kappa shape index (κ1) is 9.74. The van der Waals surface area contributed by atoms with Crippen LogP contribution < -0.4 is 0 Å². The molecule has 0 atom stereocenters. The molecule has 6 heteroatoms. The first-order valence-electron chi connectivity index (χ1n) is 4.70. The molecular formula is C10H7ClN4S. The Morgan fingerprint density at radius 2 is 2.31 bits per heavy atom. The molecule has 3 aromatic heterocycles. The van der Waals surface area contributed by atoms with Gasteiger partial charge in [0, 0.05) is 18.8 Å². The van der Waals surface area contributed by atoms with Gasteiger partial charge in [-0.1, -0.05) is 11.6 Å². The Kier molecular flexibility index (Phi) is 2.34. The van der Waals surface area contributed by atoms with Crippen molar-refractivity contribution in [3.05, 3.63) is 45.8 Å². The third-order valence-corrected chi connectivity index (χ3v) is 3.30. The van der Waals surface area contributed by atoms with Crippen LogP contribution in [0.4, 0.5) is 0 Å². The van der Waals surface area contributed by atoms with Crippen LogP contribution in [0.15, 0.2) is 29.2 Å². The molecule has 3 heterocycles. The molecule has 0 amide bonds. The van der Waals surface area contributed by atoms with Gasteiger partial charge in [0.15, 0.2) is 10.8 Å². The standard InChI is InChI=1S/C10H7ClN4S/c11-9-10-14-13-8(15(10)3-2-12-9)5-7-1-4-16-6-7/h1-4,6H,5H2. The molecule has 0 fully saturated rings. The molecule has 0 unspecified atom stereocenters. The Morgan fingerprint density at radius 1 is 1.38 bits per heavy atom. The van der Waals surface area contributed by atoms with Crippen LogP contribution in [0.5, 0.6) is 0 Å². The molecule has 0 aliphatic heterocycles. The molecule has 4 nitrogen and oxygen atoms in total. The summed E-state index contributed by atoms with van der Waals surface area (Å²) in [6.07, 6.45) is 4.23. The molecule has 3 aromatic rings. The van der Waals surface area contributed by atoms with E-state index in [4.69, 9.17) is 11.6 Å². The third kappa shape index (κ3) is 1.58. The molecule has 0 saturated carbocycles. The quantitative estimate of drug-likeness (QED) is 0.702. The Morgan fingerprint density at radius 3 is 3.12 bits per heavy atom. The number of aromatic nitrogens is 4. The van der Waals surface area contributed by atoms with E-state index in [1.165, 1.54) is 5.56 Å². The van der Waals surface area contributed by atoms with Gasteiger partial charge in [-0.3, -0.25) is 4.40 Å². The molecule has 0 aromatic carbocycles. The van der Waals surface area contributed by atoms with Crippen LogP contribution in [0.3, 0.4) is 0 Å². The fourth-order valence-corrected chi connectivity index (χ4v) is 2.39. The van der Waals surface area contributed by atoms with Crippen molar-refractivity contribution in [3.63, 3.8) is 0 Å². The Labute approximate surface area is 101 Å². The van der Waals surface area contributed by atoms with E-state index in [-0.39, 0.29) is 0 Å². The van der Waals surface area contributed by atoms with Gasteiger partial charge in [-0.05, 0) is 22.4 Å². The molecule has 0 aliphatic rings. The van der Waals surface area contributed by atoms with E-state index in [2.05, 4.69) is 26.6 Å². The van der Waals surface area contributed by atoms with Crippen LogP contribution in [0.1, 0.15) is 11.4 Å². The van der Waals surface area contributed by atoms with Crippen LogP contribution in [0, 0.1) is 0 Å². The summed E-state index contributed by atoms with van der Waals surface area (Å²) in [5.74, 6) is 0.873. The van der Waals surface area contributed by atoms with Crippen LogP contribution in [0.2, 0.25) is 5.15 Å². The molecule has 3 rings (SSSR count). The summed E-state index contributed by atoms with van der Waals surface area (Å²) in [5.41, 5.74) is 1.83. The molecule has 0 spiro atoms. The van der Waals surface area contributed by atoms with Crippen molar-refractivity contribution >= 4 is 28.6 Å². The van der Waals surface area contributed by atoms with E-state index in [0.717, 1.165) is 12.2 Å². The van der Waals surface area contributed by atoms with Crippen LogP contribution in [0.25, 0.3) is 5.65 Å². The van der Waals surface area contributed by atoms with Crippen molar-refractivity contribution < 1.29 is 0 Å². The highest BCUT2D eigenvalue weighted by Gasteiger charge is 2.09. The van der Waals surface area contributed by atoms with Crippen molar-refractivity contribution in [2.24, 2.45) is 0 Å². The van der Waals surface area contributed by atoms with Crippen LogP contribution in [-0.4, -0.2) is 19.6 Å². The number of hydrogen-bond donors (Lipinski definition) is 0. The molecule has 0 bridgehead atoms. The highest BCUT2D eigenvalue weighted by molar-refractivity contribution is 7.07. The number of halogens is 1. The average Bonchev–Trinajstić information content (AvgIpc) is 2.90. The zero-order chi connectivity index (χ0) is 11.0. The fourth-order valence-electron chi connectivity index (χ4n) is 1.54. The normalized spacial score (nSPS) is 11.1. The topological polar surface area (TPSA) is 43.1 Å². The fraction of sp³-hybridized carbons (Fsp3) is 0.100. The second-order valence-electron chi connectivity index (χ2n) is 3.34. The largest absolute Gasteiger partial charge is 0.282 e. The lowest BCUT2D eigenvalue weighted by molar-refractivity contribution is 0.934. The van der Waals surface area contributed by atoms with Gasteiger partial charge in [0.2, 0.25) is 0 Å². The van der Waals surface area contributed by atoms with Gasteiger partial charge in [0.05, 0.1) is 0 Å². The Hall–Kier alpha value is -1.46. The summed E-state index contributed by atoms with van der Waals surface area (Å²) in [6.45, 7) is 0. The van der Waals surface area contributed by atoms with Crippen molar-refractivity contribution in [3.8, 4) is 0 Å². The minimum absolute atomic E-state index is 0.381. The number of hydrogen-bond acceptors (Lipinski definition) is 4. The molecule has 0 aliphatic carbocycles. The summed E-state index contributed by atoms with van der Waals surface area (Å²) in [4.78, 5) is 3.96. The average molecular weight is 251 g/mol. The van der Waals surface area contributed by atoms with E-state index in [1.54, 1.807) is 17.5 Å². The van der Waals surface area contributed by atoms with Crippen molar-refractivity contribution in [1.29, 1.82) is 0 Å². The number of rotatable bonds is 2. The predicted molar refractivity (Wildman–Crippen MR) is 62.9 cm³/mol. The Bertz CT molecular complexity index is 617. The highest BCUT2D eigenvalue weighted by Crippen LogP contribution is 2.15. The van der Waals surface area contributed by atoms with Crippen molar-refractivity contribution in [2.75, 3.05) is 0 Å². The molecule has 80 valence electrons. The van der Waals surface area contributed by atoms with Gasteiger partial charge >= 0.3 is 0 Å². The SMILES string of the molecule is Clc1nccn2c(Cc3ccsc3)nnc12. The highest BCUT2D eigenvalue weighted by atomic mass is 35.5. The molecule has 0 N–H and O–H groups in total. The van der Waals surface area contributed by atoms with Gasteiger partial charge in [0.1, 0.15) is 5.82 Å². The van der Waals surface area contributed by atoms with E-state index in [1.807, 2.05) is 16.0 Å². The smallest absolute Gasteiger partial charge is 0.198 e. The zero-order valence-corrected chi connectivity index (χ0v) is 9.74. The number of nitrogens with zero attached hydrogens (tertiary/aromatic N) is 4. The monoisotopic (exact) mass is 250 g/mol. The van der Waals surface area contributed by atoms with Crippen molar-refractivity contribution in [1.82, 2.24) is 19.6 Å². The third-order valence-electron chi connectivity index (χ3n) is 2.30. The van der Waals surface area contributed by atoms with E-state index in [9.17, 15) is 0 Å². The zero-order valence-electron chi connectivity index (χ0n) is 8.17. The lowest BCUT2D eigenvalue weighted by atomic mass is 10.2. The maximum atomic E-state index is 5.92. The summed E-state index contributed by atoms with van der Waals surface area (Å²) < 4.78 is 1.87. The first-order chi connectivity index (χ1) is 7.84. The molecular weight excluding hydrogens is 244 g/mol. The van der Waals surface area contributed by atoms with E-state index in [0.29, 0.717) is 10.8 Å². The lowest BCUT2D eigenvalue weighted by Gasteiger charge is -1.97. The van der Waals surface area contributed by atoms with Gasteiger partial charge in [0.25, 0.3) is 0 Å². The number of thiophene rings is 1. The lowest BCUT2D eigenvalue weighted by Crippen LogP contribution is -1.95. The van der Waals surface area contributed by atoms with Crippen LogP contribution >= 0.6 is 22.9 Å². The summed E-state index contributed by atoms with van der Waals surface area (Å²) >= 11 is 7.59. The van der Waals surface area contributed by atoms with E-state index >= 15 is 0 Å². The summed E-state index contributed by atoms with van der Waals surface area (Å²) in [7, 11) is 0. The second kappa shape index (κ2) is 3.84. The van der Waals surface area contributed by atoms with Gasteiger partial charge < -0.3 is 0 Å². The first-order valence-corrected chi connectivity index (χ1v) is 6.02. The molecule has 16 heavy (non-hydrogen) atoms. The molecule has 0 radical (unpaired) electrons. The predicted octanol–water partition coefficient (Wildman–Crippen LogP) is 2.43. The number of fused-ring (bicyclic) bond motifs is 1. The maximum absolute atomic E-state index is 5.92. The summed E-state index contributed by atoms with van der Waals surface area (Å²) in [6, 6.07) is 2.08. The van der Waals surface area contributed by atoms with Gasteiger partial charge in [-0.25, -0.2) is 4.98 Å². The maximum Gasteiger partial charge on any atom is 0.198 e. The van der Waals surface area contributed by atoms with E-state index < -0.39 is 0 Å². The van der Waals surface area contributed by atoms with Crippen LogP contribution in [-0.2, 0) is 6.42 Å². The Balaban J connectivity index is 2.08. The summed E-state index contributed by atoms with van der Waals surface area (Å²) in [5, 5.41) is 12.7. The second-order valence-corrected chi connectivity index (χ2v) is 4.47. The van der Waals surface area contributed by atoms with Gasteiger partial charge in [-0.15, -0.1) is 10.2 Å². The minimum atomic E-state index is 0.381. The van der Waals surface area contributed by atoms with Crippen molar-refractivity contribution in [2.45, 2.75) is 6.42 Å². The molecule has 0 saturated heterocycles. The van der Waals surface area contributed by atoms with Gasteiger partial charge in [-0.2, -0.15) is 11.3 Å².